The van der Waals surface area contributed by atoms with Crippen LogP contribution in [0.2, 0.25) is 0 Å². The molecule has 0 saturated carbocycles. The average molecular weight is 324 g/mol. The van der Waals surface area contributed by atoms with Crippen LogP contribution in [-0.2, 0) is 9.53 Å². The van der Waals surface area contributed by atoms with Crippen molar-refractivity contribution in [2.45, 2.75) is 20.0 Å². The molecule has 1 aliphatic rings. The summed E-state index contributed by atoms with van der Waals surface area (Å²) >= 11 is 0. The highest BCUT2D eigenvalue weighted by Gasteiger charge is 2.28. The number of nitrogens with zero attached hydrogens (tertiary/aromatic N) is 2. The molecule has 0 aromatic heterocycles. The van der Waals surface area contributed by atoms with Crippen molar-refractivity contribution < 1.29 is 23.5 Å². The molecule has 6 nitrogen and oxygen atoms in total. The largest absolute Gasteiger partial charge is 0.481 e. The van der Waals surface area contributed by atoms with E-state index in [-0.39, 0.29) is 17.8 Å². The van der Waals surface area contributed by atoms with E-state index in [1.165, 1.54) is 24.3 Å². The second kappa shape index (κ2) is 7.80. The smallest absolute Gasteiger partial charge is 0.409 e. The number of carbonyl (C=O) groups excluding carboxylic acids is 2. The van der Waals surface area contributed by atoms with Gasteiger partial charge in [-0.25, -0.2) is 9.18 Å². The Labute approximate surface area is 134 Å². The molecule has 0 N–H and O–H groups in total. The number of carbonyl (C=O) groups is 2. The summed E-state index contributed by atoms with van der Waals surface area (Å²) in [6, 6.07) is 5.53. The summed E-state index contributed by atoms with van der Waals surface area (Å²) in [5, 5.41) is 0. The molecule has 1 saturated heterocycles. The first-order chi connectivity index (χ1) is 11.0. The van der Waals surface area contributed by atoms with Crippen LogP contribution in [0.1, 0.15) is 13.8 Å². The van der Waals surface area contributed by atoms with Gasteiger partial charge in [0.05, 0.1) is 6.61 Å². The fraction of sp³-hybridized carbons (Fsp3) is 0.500. The second-order valence-electron chi connectivity index (χ2n) is 5.23. The van der Waals surface area contributed by atoms with Gasteiger partial charge in [-0.05, 0) is 38.1 Å². The van der Waals surface area contributed by atoms with Crippen LogP contribution in [-0.4, -0.2) is 60.7 Å². The van der Waals surface area contributed by atoms with Gasteiger partial charge >= 0.3 is 6.09 Å². The van der Waals surface area contributed by atoms with Crippen LogP contribution < -0.4 is 4.74 Å². The highest BCUT2D eigenvalue weighted by Crippen LogP contribution is 2.15. The van der Waals surface area contributed by atoms with Crippen molar-refractivity contribution in [3.05, 3.63) is 30.1 Å². The lowest BCUT2D eigenvalue weighted by atomic mass is 10.2. The van der Waals surface area contributed by atoms with Crippen molar-refractivity contribution in [1.82, 2.24) is 9.80 Å². The Hall–Kier alpha value is -2.31. The fourth-order valence-electron chi connectivity index (χ4n) is 2.35. The highest BCUT2D eigenvalue weighted by molar-refractivity contribution is 5.81. The molecule has 7 heteroatoms. The maximum absolute atomic E-state index is 12.9. The molecule has 2 amide bonds. The van der Waals surface area contributed by atoms with Crippen LogP contribution in [0.25, 0.3) is 0 Å². The summed E-state index contributed by atoms with van der Waals surface area (Å²) < 4.78 is 23.3. The van der Waals surface area contributed by atoms with Crippen molar-refractivity contribution in [2.75, 3.05) is 32.8 Å². The molecule has 1 heterocycles. The van der Waals surface area contributed by atoms with Gasteiger partial charge in [0.2, 0.25) is 0 Å². The summed E-state index contributed by atoms with van der Waals surface area (Å²) in [7, 11) is 0. The molecular weight excluding hydrogens is 303 g/mol. The van der Waals surface area contributed by atoms with E-state index in [9.17, 15) is 14.0 Å². The van der Waals surface area contributed by atoms with Gasteiger partial charge in [-0.15, -0.1) is 0 Å². The number of hydrogen-bond donors (Lipinski definition) is 0. The Kier molecular flexibility index (Phi) is 5.78. The molecule has 0 spiro atoms. The first kappa shape index (κ1) is 17.1. The van der Waals surface area contributed by atoms with Gasteiger partial charge in [-0.3, -0.25) is 4.79 Å². The SMILES string of the molecule is CCOC(=O)N1CCN(C(=O)[C@@H](C)Oc2ccc(F)cc2)CC1. The van der Waals surface area contributed by atoms with Gasteiger partial charge in [-0.1, -0.05) is 0 Å². The Morgan fingerprint density at radius 2 is 1.70 bits per heavy atom. The van der Waals surface area contributed by atoms with Crippen molar-refractivity contribution in [2.24, 2.45) is 0 Å². The van der Waals surface area contributed by atoms with E-state index in [2.05, 4.69) is 0 Å². The molecule has 1 aliphatic heterocycles. The average Bonchev–Trinajstić information content (AvgIpc) is 2.56. The molecule has 0 unspecified atom stereocenters. The van der Waals surface area contributed by atoms with E-state index in [4.69, 9.17) is 9.47 Å². The minimum absolute atomic E-state index is 0.155. The molecular formula is C16H21FN2O4. The fourth-order valence-corrected chi connectivity index (χ4v) is 2.35. The van der Waals surface area contributed by atoms with E-state index in [1.54, 1.807) is 23.6 Å². The number of halogens is 1. The van der Waals surface area contributed by atoms with E-state index in [0.29, 0.717) is 38.5 Å². The molecule has 0 bridgehead atoms. The third kappa shape index (κ3) is 4.58. The lowest BCUT2D eigenvalue weighted by Gasteiger charge is -2.35. The number of benzene rings is 1. The van der Waals surface area contributed by atoms with Crippen LogP contribution in [0.15, 0.2) is 24.3 Å². The van der Waals surface area contributed by atoms with Crippen LogP contribution in [0.5, 0.6) is 5.75 Å². The molecule has 1 fully saturated rings. The molecule has 2 rings (SSSR count). The Morgan fingerprint density at radius 3 is 2.26 bits per heavy atom. The number of piperazine rings is 1. The zero-order valence-electron chi connectivity index (χ0n) is 13.3. The van der Waals surface area contributed by atoms with Gasteiger partial charge < -0.3 is 19.3 Å². The molecule has 0 aliphatic carbocycles. The highest BCUT2D eigenvalue weighted by atomic mass is 19.1. The van der Waals surface area contributed by atoms with E-state index >= 15 is 0 Å². The third-order valence-corrected chi connectivity index (χ3v) is 3.59. The number of amides is 2. The maximum atomic E-state index is 12.9. The Morgan fingerprint density at radius 1 is 1.13 bits per heavy atom. The molecule has 1 aromatic rings. The predicted molar refractivity (Wildman–Crippen MR) is 81.7 cm³/mol. The molecule has 1 aromatic carbocycles. The zero-order valence-corrected chi connectivity index (χ0v) is 13.3. The van der Waals surface area contributed by atoms with E-state index in [0.717, 1.165) is 0 Å². The Bertz CT molecular complexity index is 542. The summed E-state index contributed by atoms with van der Waals surface area (Å²) in [4.78, 5) is 27.2. The number of hydrogen-bond acceptors (Lipinski definition) is 4. The quantitative estimate of drug-likeness (QED) is 0.849. The van der Waals surface area contributed by atoms with Crippen LogP contribution in [0.4, 0.5) is 9.18 Å². The standard InChI is InChI=1S/C16H21FN2O4/c1-3-22-16(21)19-10-8-18(9-11-19)15(20)12(2)23-14-6-4-13(17)5-7-14/h4-7,12H,3,8-11H2,1-2H3/t12-/m1/s1. The maximum Gasteiger partial charge on any atom is 0.409 e. The lowest BCUT2D eigenvalue weighted by Crippen LogP contribution is -2.53. The molecule has 126 valence electrons. The minimum Gasteiger partial charge on any atom is -0.481 e. The molecule has 1 atom stereocenters. The lowest BCUT2D eigenvalue weighted by molar-refractivity contribution is -0.139. The van der Waals surface area contributed by atoms with E-state index < -0.39 is 6.10 Å². The summed E-state index contributed by atoms with van der Waals surface area (Å²) in [6.45, 7) is 5.50. The van der Waals surface area contributed by atoms with Crippen LogP contribution in [0.3, 0.4) is 0 Å². The first-order valence-corrected chi connectivity index (χ1v) is 7.64. The third-order valence-electron chi connectivity index (χ3n) is 3.59. The molecule has 23 heavy (non-hydrogen) atoms. The second-order valence-corrected chi connectivity index (χ2v) is 5.23. The number of rotatable bonds is 4. The van der Waals surface area contributed by atoms with Gasteiger partial charge in [0, 0.05) is 26.2 Å². The van der Waals surface area contributed by atoms with E-state index in [1.807, 2.05) is 0 Å². The normalized spacial score (nSPS) is 16.0. The zero-order chi connectivity index (χ0) is 16.8. The molecule has 0 radical (unpaired) electrons. The predicted octanol–water partition coefficient (Wildman–Crippen LogP) is 1.89. The van der Waals surface area contributed by atoms with Crippen molar-refractivity contribution in [1.29, 1.82) is 0 Å². The first-order valence-electron chi connectivity index (χ1n) is 7.64. The minimum atomic E-state index is -0.672. The van der Waals surface area contributed by atoms with Crippen LogP contribution in [0, 0.1) is 5.82 Å². The van der Waals surface area contributed by atoms with Crippen molar-refractivity contribution in [3.63, 3.8) is 0 Å². The summed E-state index contributed by atoms with van der Waals surface area (Å²) in [6.07, 6.45) is -1.02. The van der Waals surface area contributed by atoms with Gasteiger partial charge in [0.15, 0.2) is 6.10 Å². The van der Waals surface area contributed by atoms with Gasteiger partial charge in [-0.2, -0.15) is 0 Å². The van der Waals surface area contributed by atoms with Gasteiger partial charge in [0.25, 0.3) is 5.91 Å². The van der Waals surface area contributed by atoms with Crippen molar-refractivity contribution in [3.8, 4) is 5.75 Å². The number of ether oxygens (including phenoxy) is 2. The van der Waals surface area contributed by atoms with Crippen LogP contribution >= 0.6 is 0 Å². The van der Waals surface area contributed by atoms with Gasteiger partial charge in [0.1, 0.15) is 11.6 Å². The summed E-state index contributed by atoms with van der Waals surface area (Å²) in [5.41, 5.74) is 0. The summed E-state index contributed by atoms with van der Waals surface area (Å²) in [5.74, 6) is -0.0679. The Balaban J connectivity index is 1.84. The monoisotopic (exact) mass is 324 g/mol. The van der Waals surface area contributed by atoms with Crippen molar-refractivity contribution >= 4 is 12.0 Å². The topological polar surface area (TPSA) is 59.1 Å².